The summed E-state index contributed by atoms with van der Waals surface area (Å²) in [7, 11) is 0. The smallest absolute Gasteiger partial charge is 0.255 e. The zero-order chi connectivity index (χ0) is 14.5. The average molecular weight is 287 g/mol. The number of para-hydroxylation sites is 1. The summed E-state index contributed by atoms with van der Waals surface area (Å²) in [5, 5.41) is 2.94. The molecule has 0 bridgehead atoms. The molecule has 0 saturated carbocycles. The van der Waals surface area contributed by atoms with Gasteiger partial charge in [-0.25, -0.2) is 0 Å². The fourth-order valence-electron chi connectivity index (χ4n) is 1.95. The van der Waals surface area contributed by atoms with E-state index in [2.05, 4.69) is 10.7 Å². The quantitative estimate of drug-likeness (QED) is 0.459. The van der Waals surface area contributed by atoms with E-state index in [9.17, 15) is 4.79 Å². The zero-order valence-electron chi connectivity index (χ0n) is 11.4. The summed E-state index contributed by atoms with van der Waals surface area (Å²) in [5.41, 5.74) is 5.69. The van der Waals surface area contributed by atoms with Crippen LogP contribution < -0.4 is 16.6 Å². The molecule has 5 heteroatoms. The third-order valence-corrected chi connectivity index (χ3v) is 3.79. The van der Waals surface area contributed by atoms with Gasteiger partial charge in [-0.3, -0.25) is 10.6 Å². The summed E-state index contributed by atoms with van der Waals surface area (Å²) in [6.45, 7) is 1.89. The molecule has 0 aromatic heterocycles. The summed E-state index contributed by atoms with van der Waals surface area (Å²) < 4.78 is 0. The molecule has 2 rings (SSSR count). The summed E-state index contributed by atoms with van der Waals surface area (Å²) in [6, 6.07) is 13.1. The molecule has 0 fully saturated rings. The summed E-state index contributed by atoms with van der Waals surface area (Å²) in [6.07, 6.45) is 1.98. The number of benzene rings is 2. The molecule has 0 heterocycles. The number of hydrogen-bond acceptors (Lipinski definition) is 4. The maximum Gasteiger partial charge on any atom is 0.255 e. The number of nitrogens with two attached hydrogens (primary N) is 1. The minimum absolute atomic E-state index is 0.118. The zero-order valence-corrected chi connectivity index (χ0v) is 12.3. The Morgan fingerprint density at radius 1 is 1.20 bits per heavy atom. The van der Waals surface area contributed by atoms with Crippen LogP contribution >= 0.6 is 11.8 Å². The second kappa shape index (κ2) is 6.45. The van der Waals surface area contributed by atoms with E-state index in [4.69, 9.17) is 5.84 Å². The molecule has 1 amide bonds. The van der Waals surface area contributed by atoms with Gasteiger partial charge in [-0.15, -0.1) is 11.8 Å². The van der Waals surface area contributed by atoms with E-state index in [0.717, 1.165) is 21.8 Å². The first-order valence-corrected chi connectivity index (χ1v) is 7.40. The third-order valence-electron chi connectivity index (χ3n) is 2.99. The monoisotopic (exact) mass is 287 g/mol. The number of carbonyl (C=O) groups is 1. The Balaban J connectivity index is 2.24. The molecular weight excluding hydrogens is 270 g/mol. The topological polar surface area (TPSA) is 67.2 Å². The normalized spacial score (nSPS) is 10.2. The van der Waals surface area contributed by atoms with E-state index in [1.54, 1.807) is 23.9 Å². The van der Waals surface area contributed by atoms with E-state index in [-0.39, 0.29) is 5.91 Å². The van der Waals surface area contributed by atoms with Crippen molar-refractivity contribution in [3.63, 3.8) is 0 Å². The van der Waals surface area contributed by atoms with Crippen molar-refractivity contribution in [1.29, 1.82) is 0 Å². The molecule has 0 atom stereocenters. The average Bonchev–Trinajstić information content (AvgIpc) is 2.47. The SMILES string of the molecule is CSc1ccccc1NC(=O)c1ccc(NN)cc1C. The number of thioether (sulfide) groups is 1. The van der Waals surface area contributed by atoms with Gasteiger partial charge < -0.3 is 10.7 Å². The molecule has 0 radical (unpaired) electrons. The van der Waals surface area contributed by atoms with Crippen molar-refractivity contribution in [2.24, 2.45) is 5.84 Å². The number of hydrazine groups is 1. The van der Waals surface area contributed by atoms with Gasteiger partial charge in [0.05, 0.1) is 5.69 Å². The first kappa shape index (κ1) is 14.4. The largest absolute Gasteiger partial charge is 0.324 e. The van der Waals surface area contributed by atoms with E-state index in [0.29, 0.717) is 5.56 Å². The van der Waals surface area contributed by atoms with Crippen molar-refractivity contribution in [1.82, 2.24) is 0 Å². The molecule has 0 aliphatic heterocycles. The van der Waals surface area contributed by atoms with Gasteiger partial charge in [-0.1, -0.05) is 12.1 Å². The van der Waals surface area contributed by atoms with Crippen molar-refractivity contribution < 1.29 is 4.79 Å². The Morgan fingerprint density at radius 3 is 2.60 bits per heavy atom. The van der Waals surface area contributed by atoms with Crippen LogP contribution in [0.4, 0.5) is 11.4 Å². The first-order chi connectivity index (χ1) is 9.65. The van der Waals surface area contributed by atoms with Gasteiger partial charge in [-0.05, 0) is 49.1 Å². The molecule has 0 saturated heterocycles. The lowest BCUT2D eigenvalue weighted by molar-refractivity contribution is 0.102. The maximum atomic E-state index is 12.3. The lowest BCUT2D eigenvalue weighted by Gasteiger charge is -2.11. The fourth-order valence-corrected chi connectivity index (χ4v) is 2.50. The highest BCUT2D eigenvalue weighted by Crippen LogP contribution is 2.25. The summed E-state index contributed by atoms with van der Waals surface area (Å²) >= 11 is 1.60. The predicted molar refractivity (Wildman–Crippen MR) is 85.2 cm³/mol. The van der Waals surface area contributed by atoms with Gasteiger partial charge in [0.25, 0.3) is 5.91 Å². The number of rotatable bonds is 4. The molecule has 4 N–H and O–H groups in total. The van der Waals surface area contributed by atoms with Gasteiger partial charge in [0.1, 0.15) is 0 Å². The molecular formula is C15H17N3OS. The van der Waals surface area contributed by atoms with Crippen LogP contribution in [0.3, 0.4) is 0 Å². The lowest BCUT2D eigenvalue weighted by atomic mass is 10.1. The third kappa shape index (κ3) is 3.12. The number of amides is 1. The standard InChI is InChI=1S/C15H17N3OS/c1-10-9-11(18-16)7-8-12(10)15(19)17-13-5-3-4-6-14(13)20-2/h3-9,18H,16H2,1-2H3,(H,17,19). The number of hydrogen-bond donors (Lipinski definition) is 3. The molecule has 0 aliphatic rings. The highest BCUT2D eigenvalue weighted by Gasteiger charge is 2.11. The Kier molecular flexibility index (Phi) is 4.65. The van der Waals surface area contributed by atoms with Gasteiger partial charge >= 0.3 is 0 Å². The molecule has 20 heavy (non-hydrogen) atoms. The van der Waals surface area contributed by atoms with Crippen molar-refractivity contribution in [3.05, 3.63) is 53.6 Å². The summed E-state index contributed by atoms with van der Waals surface area (Å²) in [5.74, 6) is 5.24. The summed E-state index contributed by atoms with van der Waals surface area (Å²) in [4.78, 5) is 13.4. The van der Waals surface area contributed by atoms with E-state index >= 15 is 0 Å². The molecule has 2 aromatic rings. The molecule has 0 unspecified atom stereocenters. The number of anilines is 2. The van der Waals surface area contributed by atoms with E-state index in [1.807, 2.05) is 43.5 Å². The van der Waals surface area contributed by atoms with Crippen LogP contribution in [-0.2, 0) is 0 Å². The van der Waals surface area contributed by atoms with Crippen LogP contribution in [-0.4, -0.2) is 12.2 Å². The molecule has 0 spiro atoms. The Bertz CT molecular complexity index is 628. The number of carbonyl (C=O) groups excluding carboxylic acids is 1. The highest BCUT2D eigenvalue weighted by atomic mass is 32.2. The molecule has 104 valence electrons. The van der Waals surface area contributed by atoms with Crippen molar-refractivity contribution >= 4 is 29.0 Å². The predicted octanol–water partition coefficient (Wildman–Crippen LogP) is 3.25. The molecule has 4 nitrogen and oxygen atoms in total. The van der Waals surface area contributed by atoms with Crippen LogP contribution in [0.25, 0.3) is 0 Å². The van der Waals surface area contributed by atoms with Gasteiger partial charge in [0.15, 0.2) is 0 Å². The van der Waals surface area contributed by atoms with Crippen LogP contribution in [0.1, 0.15) is 15.9 Å². The minimum atomic E-state index is -0.118. The maximum absolute atomic E-state index is 12.3. The fraction of sp³-hybridized carbons (Fsp3) is 0.133. The highest BCUT2D eigenvalue weighted by molar-refractivity contribution is 7.98. The van der Waals surface area contributed by atoms with E-state index in [1.165, 1.54) is 0 Å². The minimum Gasteiger partial charge on any atom is -0.324 e. The molecule has 2 aromatic carbocycles. The molecule has 0 aliphatic carbocycles. The van der Waals surface area contributed by atoms with Crippen molar-refractivity contribution in [3.8, 4) is 0 Å². The second-order valence-corrected chi connectivity index (χ2v) is 5.18. The van der Waals surface area contributed by atoms with Crippen molar-refractivity contribution in [2.75, 3.05) is 17.0 Å². The van der Waals surface area contributed by atoms with E-state index < -0.39 is 0 Å². The van der Waals surface area contributed by atoms with Crippen LogP contribution in [0.15, 0.2) is 47.4 Å². The first-order valence-electron chi connectivity index (χ1n) is 6.17. The number of aryl methyl sites for hydroxylation is 1. The van der Waals surface area contributed by atoms with Crippen molar-refractivity contribution in [2.45, 2.75) is 11.8 Å². The van der Waals surface area contributed by atoms with Crippen LogP contribution in [0.5, 0.6) is 0 Å². The Labute approximate surface area is 122 Å². The van der Waals surface area contributed by atoms with Gasteiger partial charge in [0, 0.05) is 16.1 Å². The Hall–Kier alpha value is -1.98. The van der Waals surface area contributed by atoms with Gasteiger partial charge in [-0.2, -0.15) is 0 Å². The Morgan fingerprint density at radius 2 is 1.95 bits per heavy atom. The van der Waals surface area contributed by atoms with Crippen LogP contribution in [0, 0.1) is 6.92 Å². The number of nitrogen functional groups attached to an aromatic ring is 1. The number of nitrogens with one attached hydrogen (secondary N) is 2. The van der Waals surface area contributed by atoms with Gasteiger partial charge in [0.2, 0.25) is 0 Å². The lowest BCUT2D eigenvalue weighted by Crippen LogP contribution is -2.14. The second-order valence-electron chi connectivity index (χ2n) is 4.33. The van der Waals surface area contributed by atoms with Crippen LogP contribution in [0.2, 0.25) is 0 Å².